The van der Waals surface area contributed by atoms with Crippen LogP contribution in [-0.4, -0.2) is 75.5 Å². The molecule has 0 unspecified atom stereocenters. The molecular formula is C21H34N2O7S. The summed E-state index contributed by atoms with van der Waals surface area (Å²) in [5.74, 6) is -1.02. The molecule has 0 atom stereocenters. The van der Waals surface area contributed by atoms with Crippen LogP contribution in [0.4, 0.5) is 0 Å². The average molecular weight is 459 g/mol. The zero-order valence-electron chi connectivity index (χ0n) is 18.8. The van der Waals surface area contributed by atoms with Gasteiger partial charge in [-0.05, 0) is 44.7 Å². The number of carbonyl (C=O) groups excluding carboxylic acids is 2. The van der Waals surface area contributed by atoms with Crippen LogP contribution in [0, 0.1) is 5.92 Å². The fourth-order valence-electron chi connectivity index (χ4n) is 3.87. The highest BCUT2D eigenvalue weighted by molar-refractivity contribution is 7.89. The Morgan fingerprint density at radius 3 is 2.39 bits per heavy atom. The maximum absolute atomic E-state index is 13.2. The molecule has 1 amide bonds. The van der Waals surface area contributed by atoms with Crippen molar-refractivity contribution in [2.45, 2.75) is 57.6 Å². The monoisotopic (exact) mass is 458 g/mol. The number of ether oxygens (including phenoxy) is 2. The number of amides is 1. The number of nitrogens with zero attached hydrogens (tertiary/aromatic N) is 2. The zero-order valence-corrected chi connectivity index (χ0v) is 19.7. The van der Waals surface area contributed by atoms with Gasteiger partial charge < -0.3 is 18.8 Å². The molecule has 9 nitrogen and oxygen atoms in total. The van der Waals surface area contributed by atoms with Crippen LogP contribution in [0.3, 0.4) is 0 Å². The third-order valence-electron chi connectivity index (χ3n) is 5.66. The topological polar surface area (TPSA) is 106 Å². The SMILES string of the molecule is CCOC(=O)c1ccc(S(=O)(=O)N2CCC(C(=O)N(CCOC)C(CC)CC)CC2)o1. The maximum Gasteiger partial charge on any atom is 0.374 e. The van der Waals surface area contributed by atoms with Crippen LogP contribution < -0.4 is 0 Å². The van der Waals surface area contributed by atoms with Crippen molar-refractivity contribution in [3.63, 3.8) is 0 Å². The number of carbonyl (C=O) groups is 2. The molecule has 1 saturated heterocycles. The summed E-state index contributed by atoms with van der Waals surface area (Å²) in [5, 5.41) is -0.293. The van der Waals surface area contributed by atoms with E-state index in [1.807, 2.05) is 4.90 Å². The normalized spacial score (nSPS) is 15.9. The van der Waals surface area contributed by atoms with Gasteiger partial charge in [0.2, 0.25) is 16.8 Å². The summed E-state index contributed by atoms with van der Waals surface area (Å²) in [5.41, 5.74) is 0. The van der Waals surface area contributed by atoms with Crippen molar-refractivity contribution in [3.8, 4) is 0 Å². The lowest BCUT2D eigenvalue weighted by Crippen LogP contribution is -2.48. The highest BCUT2D eigenvalue weighted by Crippen LogP contribution is 2.27. The van der Waals surface area contributed by atoms with Gasteiger partial charge in [0, 0.05) is 38.7 Å². The molecule has 2 rings (SSSR count). The first-order chi connectivity index (χ1) is 14.8. The van der Waals surface area contributed by atoms with Gasteiger partial charge in [0.15, 0.2) is 0 Å². The Bertz CT molecular complexity index is 825. The van der Waals surface area contributed by atoms with Gasteiger partial charge >= 0.3 is 5.97 Å². The number of hydrogen-bond donors (Lipinski definition) is 0. The highest BCUT2D eigenvalue weighted by Gasteiger charge is 2.36. The van der Waals surface area contributed by atoms with Crippen LogP contribution in [0.1, 0.15) is 57.0 Å². The fourth-order valence-corrected chi connectivity index (χ4v) is 5.25. The Kier molecular flexibility index (Phi) is 9.52. The van der Waals surface area contributed by atoms with Crippen molar-refractivity contribution in [2.75, 3.05) is 40.0 Å². The predicted molar refractivity (Wildman–Crippen MR) is 114 cm³/mol. The van der Waals surface area contributed by atoms with Gasteiger partial charge in [0.05, 0.1) is 13.2 Å². The quantitative estimate of drug-likeness (QED) is 0.469. The van der Waals surface area contributed by atoms with Crippen LogP contribution in [0.25, 0.3) is 0 Å². The number of hydrogen-bond acceptors (Lipinski definition) is 7. The summed E-state index contributed by atoms with van der Waals surface area (Å²) in [4.78, 5) is 26.8. The molecule has 2 heterocycles. The van der Waals surface area contributed by atoms with Crippen molar-refractivity contribution >= 4 is 21.9 Å². The number of sulfonamides is 1. The predicted octanol–water partition coefficient (Wildman–Crippen LogP) is 2.52. The molecule has 0 aliphatic carbocycles. The average Bonchev–Trinajstić information content (AvgIpc) is 3.28. The zero-order chi connectivity index (χ0) is 23.0. The summed E-state index contributed by atoms with van der Waals surface area (Å²) >= 11 is 0. The Labute approximate surface area is 184 Å². The largest absolute Gasteiger partial charge is 0.460 e. The summed E-state index contributed by atoms with van der Waals surface area (Å²) in [6.45, 7) is 7.38. The van der Waals surface area contributed by atoms with Gasteiger partial charge in [0.25, 0.3) is 10.0 Å². The van der Waals surface area contributed by atoms with E-state index in [2.05, 4.69) is 13.8 Å². The summed E-state index contributed by atoms with van der Waals surface area (Å²) in [6.07, 6.45) is 2.60. The van der Waals surface area contributed by atoms with E-state index in [1.165, 1.54) is 16.4 Å². The molecule has 1 aliphatic rings. The lowest BCUT2D eigenvalue weighted by atomic mass is 9.95. The Balaban J connectivity index is 2.05. The lowest BCUT2D eigenvalue weighted by Gasteiger charge is -2.36. The van der Waals surface area contributed by atoms with E-state index in [9.17, 15) is 18.0 Å². The maximum atomic E-state index is 13.2. The van der Waals surface area contributed by atoms with E-state index in [1.54, 1.807) is 14.0 Å². The second-order valence-corrected chi connectivity index (χ2v) is 9.38. The molecule has 0 N–H and O–H groups in total. The van der Waals surface area contributed by atoms with E-state index >= 15 is 0 Å². The summed E-state index contributed by atoms with van der Waals surface area (Å²) in [7, 11) is -2.27. The van der Waals surface area contributed by atoms with E-state index < -0.39 is 16.0 Å². The molecule has 0 radical (unpaired) electrons. The van der Waals surface area contributed by atoms with E-state index in [-0.39, 0.29) is 48.4 Å². The molecule has 0 aromatic carbocycles. The second-order valence-electron chi connectivity index (χ2n) is 7.51. The first-order valence-electron chi connectivity index (χ1n) is 10.9. The molecule has 1 aromatic heterocycles. The molecule has 1 fully saturated rings. The standard InChI is InChI=1S/C21H34N2O7S/c1-5-17(6-2)23(14-15-28-4)20(24)16-10-12-22(13-11-16)31(26,27)19-9-8-18(30-19)21(25)29-7-3/h8-9,16-17H,5-7,10-15H2,1-4H3. The van der Waals surface area contributed by atoms with Gasteiger partial charge in [-0.2, -0.15) is 4.31 Å². The number of piperidine rings is 1. The molecule has 31 heavy (non-hydrogen) atoms. The second kappa shape index (κ2) is 11.6. The van der Waals surface area contributed by atoms with Crippen LogP contribution in [0.5, 0.6) is 0 Å². The minimum atomic E-state index is -3.88. The Morgan fingerprint density at radius 1 is 1.19 bits per heavy atom. The van der Waals surface area contributed by atoms with Gasteiger partial charge in [-0.15, -0.1) is 0 Å². The van der Waals surface area contributed by atoms with Gasteiger partial charge in [-0.3, -0.25) is 4.79 Å². The van der Waals surface area contributed by atoms with E-state index in [0.29, 0.717) is 26.0 Å². The first-order valence-corrected chi connectivity index (χ1v) is 12.3. The molecule has 176 valence electrons. The van der Waals surface area contributed by atoms with Crippen molar-refractivity contribution < 1.29 is 31.9 Å². The van der Waals surface area contributed by atoms with Crippen LogP contribution in [-0.2, 0) is 24.3 Å². The molecule has 1 aliphatic heterocycles. The molecule has 0 bridgehead atoms. The van der Waals surface area contributed by atoms with Crippen LogP contribution in [0.2, 0.25) is 0 Å². The molecule has 0 saturated carbocycles. The number of rotatable bonds is 11. The van der Waals surface area contributed by atoms with Gasteiger partial charge in [-0.25, -0.2) is 13.2 Å². The van der Waals surface area contributed by atoms with Crippen molar-refractivity contribution in [1.29, 1.82) is 0 Å². The summed E-state index contributed by atoms with van der Waals surface area (Å²) < 4.78 is 42.4. The smallest absolute Gasteiger partial charge is 0.374 e. The number of methoxy groups -OCH3 is 1. The molecular weight excluding hydrogens is 424 g/mol. The van der Waals surface area contributed by atoms with Gasteiger partial charge in [0.1, 0.15) is 0 Å². The lowest BCUT2D eigenvalue weighted by molar-refractivity contribution is -0.140. The summed E-state index contributed by atoms with van der Waals surface area (Å²) in [6, 6.07) is 2.71. The third-order valence-corrected chi connectivity index (χ3v) is 7.43. The Morgan fingerprint density at radius 2 is 1.84 bits per heavy atom. The van der Waals surface area contributed by atoms with Crippen molar-refractivity contribution in [3.05, 3.63) is 17.9 Å². The number of furan rings is 1. The molecule has 10 heteroatoms. The van der Waals surface area contributed by atoms with Crippen LogP contribution in [0.15, 0.2) is 21.6 Å². The van der Waals surface area contributed by atoms with Crippen molar-refractivity contribution in [1.82, 2.24) is 9.21 Å². The Hall–Kier alpha value is -1.91. The minimum Gasteiger partial charge on any atom is -0.460 e. The minimum absolute atomic E-state index is 0.0605. The third kappa shape index (κ3) is 6.08. The number of esters is 1. The fraction of sp³-hybridized carbons (Fsp3) is 0.714. The van der Waals surface area contributed by atoms with Gasteiger partial charge in [-0.1, -0.05) is 13.8 Å². The van der Waals surface area contributed by atoms with Crippen molar-refractivity contribution in [2.24, 2.45) is 5.92 Å². The molecule has 0 spiro atoms. The van der Waals surface area contributed by atoms with Crippen LogP contribution >= 0.6 is 0 Å². The first kappa shape index (κ1) is 25.4. The van der Waals surface area contributed by atoms with E-state index in [4.69, 9.17) is 13.9 Å². The highest BCUT2D eigenvalue weighted by atomic mass is 32.2. The molecule has 1 aromatic rings. The van der Waals surface area contributed by atoms with E-state index in [0.717, 1.165) is 12.8 Å².